The molecule has 3 aromatic rings. The van der Waals surface area contributed by atoms with Gasteiger partial charge >= 0.3 is 5.97 Å². The molecule has 0 saturated carbocycles. The number of allylic oxidation sites excluding steroid dienone is 1. The smallest absolute Gasteiger partial charge is 0.351 e. The van der Waals surface area contributed by atoms with E-state index in [9.17, 15) is 14.0 Å². The fraction of sp³-hybridized carbons (Fsp3) is 0.0833. The Morgan fingerprint density at radius 1 is 1.03 bits per heavy atom. The molecule has 0 spiro atoms. The number of ketones is 1. The third-order valence-corrected chi connectivity index (χ3v) is 5.09. The number of carbonyl (C=O) groups excluding carboxylic acids is 2. The Kier molecular flexibility index (Phi) is 5.83. The molecular formula is C24H16ClFO6. The summed E-state index contributed by atoms with van der Waals surface area (Å²) >= 11 is 6.03. The van der Waals surface area contributed by atoms with Crippen LogP contribution < -0.4 is 18.9 Å². The first-order valence-corrected chi connectivity index (χ1v) is 9.76. The van der Waals surface area contributed by atoms with Crippen LogP contribution >= 0.6 is 11.6 Å². The Morgan fingerprint density at radius 2 is 1.72 bits per heavy atom. The van der Waals surface area contributed by atoms with Gasteiger partial charge in [-0.15, -0.1) is 0 Å². The van der Waals surface area contributed by atoms with Gasteiger partial charge in [0.05, 0.1) is 24.8 Å². The standard InChI is InChI=1S/C24H16ClFO6/c1-29-18-7-4-8-19(30-2)22(18)24(28)31-13-9-10-14-20(11-13)32-21(23(14)27)12-15-16(25)5-3-6-17(15)26/h3-12H,1-2H3/b21-12-. The molecule has 1 aliphatic rings. The van der Waals surface area contributed by atoms with E-state index in [1.807, 2.05) is 0 Å². The summed E-state index contributed by atoms with van der Waals surface area (Å²) < 4.78 is 35.6. The fourth-order valence-corrected chi connectivity index (χ4v) is 3.44. The van der Waals surface area contributed by atoms with Crippen molar-refractivity contribution in [3.8, 4) is 23.0 Å². The lowest BCUT2D eigenvalue weighted by molar-refractivity contribution is 0.0727. The van der Waals surface area contributed by atoms with Crippen LogP contribution in [0.5, 0.6) is 23.0 Å². The van der Waals surface area contributed by atoms with Gasteiger partial charge in [0.25, 0.3) is 0 Å². The maximum absolute atomic E-state index is 14.1. The first-order chi connectivity index (χ1) is 15.4. The van der Waals surface area contributed by atoms with Crippen LogP contribution in [0.4, 0.5) is 4.39 Å². The van der Waals surface area contributed by atoms with E-state index in [0.29, 0.717) is 0 Å². The van der Waals surface area contributed by atoms with Crippen LogP contribution in [0.25, 0.3) is 6.08 Å². The van der Waals surface area contributed by atoms with Gasteiger partial charge in [0, 0.05) is 11.6 Å². The Hall–Kier alpha value is -3.84. The predicted octanol–water partition coefficient (Wildman–Crippen LogP) is 5.33. The highest BCUT2D eigenvalue weighted by atomic mass is 35.5. The summed E-state index contributed by atoms with van der Waals surface area (Å²) in [5.74, 6) is -0.950. The Labute approximate surface area is 187 Å². The number of halogens is 2. The molecule has 0 radical (unpaired) electrons. The van der Waals surface area contributed by atoms with Crippen molar-refractivity contribution >= 4 is 29.4 Å². The van der Waals surface area contributed by atoms with Crippen molar-refractivity contribution < 1.29 is 32.9 Å². The number of benzene rings is 3. The average Bonchev–Trinajstić information content (AvgIpc) is 3.10. The summed E-state index contributed by atoms with van der Waals surface area (Å²) in [6.45, 7) is 0. The highest BCUT2D eigenvalue weighted by molar-refractivity contribution is 6.32. The van der Waals surface area contributed by atoms with Crippen molar-refractivity contribution in [1.82, 2.24) is 0 Å². The summed E-state index contributed by atoms with van der Waals surface area (Å²) in [5, 5.41) is 0.144. The van der Waals surface area contributed by atoms with Crippen LogP contribution in [-0.4, -0.2) is 26.0 Å². The molecule has 162 valence electrons. The van der Waals surface area contributed by atoms with E-state index in [1.165, 1.54) is 56.7 Å². The van der Waals surface area contributed by atoms with E-state index in [0.717, 1.165) is 0 Å². The molecule has 0 amide bonds. The Morgan fingerprint density at radius 3 is 2.38 bits per heavy atom. The molecule has 0 aromatic heterocycles. The second kappa shape index (κ2) is 8.72. The maximum Gasteiger partial charge on any atom is 0.351 e. The molecule has 1 aliphatic heterocycles. The zero-order valence-corrected chi connectivity index (χ0v) is 17.7. The first kappa shape index (κ1) is 21.4. The molecule has 3 aromatic carbocycles. The van der Waals surface area contributed by atoms with Crippen LogP contribution in [0.2, 0.25) is 5.02 Å². The van der Waals surface area contributed by atoms with E-state index in [1.54, 1.807) is 18.2 Å². The highest BCUT2D eigenvalue weighted by Crippen LogP contribution is 2.37. The third kappa shape index (κ3) is 3.90. The highest BCUT2D eigenvalue weighted by Gasteiger charge is 2.29. The van der Waals surface area contributed by atoms with Crippen LogP contribution in [0.3, 0.4) is 0 Å². The second-order valence-electron chi connectivity index (χ2n) is 6.66. The lowest BCUT2D eigenvalue weighted by atomic mass is 10.1. The van der Waals surface area contributed by atoms with E-state index >= 15 is 0 Å². The van der Waals surface area contributed by atoms with Crippen molar-refractivity contribution in [2.45, 2.75) is 0 Å². The molecule has 32 heavy (non-hydrogen) atoms. The van der Waals surface area contributed by atoms with E-state index in [2.05, 4.69) is 0 Å². The van der Waals surface area contributed by atoms with Crippen LogP contribution in [-0.2, 0) is 0 Å². The van der Waals surface area contributed by atoms with Crippen LogP contribution in [0, 0.1) is 5.82 Å². The van der Waals surface area contributed by atoms with Crippen molar-refractivity contribution in [2.75, 3.05) is 14.2 Å². The monoisotopic (exact) mass is 454 g/mol. The fourth-order valence-electron chi connectivity index (χ4n) is 3.22. The molecule has 0 fully saturated rings. The number of fused-ring (bicyclic) bond motifs is 1. The van der Waals surface area contributed by atoms with Crippen molar-refractivity contribution in [3.05, 3.63) is 87.9 Å². The van der Waals surface area contributed by atoms with Crippen LogP contribution in [0.15, 0.2) is 60.4 Å². The summed E-state index contributed by atoms with van der Waals surface area (Å²) in [6, 6.07) is 13.4. The number of hydrogen-bond donors (Lipinski definition) is 0. The normalized spacial score (nSPS) is 13.5. The zero-order valence-electron chi connectivity index (χ0n) is 17.0. The molecule has 0 unspecified atom stereocenters. The van der Waals surface area contributed by atoms with Gasteiger partial charge in [-0.3, -0.25) is 4.79 Å². The van der Waals surface area contributed by atoms with Gasteiger partial charge in [0.1, 0.15) is 34.4 Å². The number of ether oxygens (including phenoxy) is 4. The van der Waals surface area contributed by atoms with Crippen LogP contribution in [0.1, 0.15) is 26.3 Å². The van der Waals surface area contributed by atoms with E-state index < -0.39 is 17.6 Å². The molecule has 6 nitrogen and oxygen atoms in total. The number of Topliss-reactive ketones (excluding diaryl/α,β-unsaturated/α-hetero) is 1. The van der Waals surface area contributed by atoms with Gasteiger partial charge in [-0.25, -0.2) is 9.18 Å². The minimum absolute atomic E-state index is 0.0419. The number of esters is 1. The van der Waals surface area contributed by atoms with Gasteiger partial charge in [-0.05, 0) is 42.5 Å². The van der Waals surface area contributed by atoms with Gasteiger partial charge in [-0.2, -0.15) is 0 Å². The molecule has 0 atom stereocenters. The second-order valence-corrected chi connectivity index (χ2v) is 7.07. The van der Waals surface area contributed by atoms with Crippen molar-refractivity contribution in [3.63, 3.8) is 0 Å². The van der Waals surface area contributed by atoms with E-state index in [-0.39, 0.29) is 50.5 Å². The Balaban J connectivity index is 1.61. The number of rotatable bonds is 5. The minimum atomic E-state index is -0.711. The van der Waals surface area contributed by atoms with Gasteiger partial charge in [0.2, 0.25) is 5.78 Å². The van der Waals surface area contributed by atoms with Crippen molar-refractivity contribution in [1.29, 1.82) is 0 Å². The lowest BCUT2D eigenvalue weighted by Gasteiger charge is -2.12. The third-order valence-electron chi connectivity index (χ3n) is 4.76. The first-order valence-electron chi connectivity index (χ1n) is 9.38. The average molecular weight is 455 g/mol. The zero-order chi connectivity index (χ0) is 22.8. The molecule has 8 heteroatoms. The molecule has 0 aliphatic carbocycles. The predicted molar refractivity (Wildman–Crippen MR) is 115 cm³/mol. The molecule has 0 saturated heterocycles. The summed E-state index contributed by atoms with van der Waals surface area (Å²) in [5.41, 5.74) is 0.406. The molecular weight excluding hydrogens is 439 g/mol. The topological polar surface area (TPSA) is 71.1 Å². The quantitative estimate of drug-likeness (QED) is 0.295. The van der Waals surface area contributed by atoms with Gasteiger partial charge in [-0.1, -0.05) is 23.7 Å². The summed E-state index contributed by atoms with van der Waals surface area (Å²) in [6.07, 6.45) is 1.24. The minimum Gasteiger partial charge on any atom is -0.496 e. The number of carbonyl (C=O) groups is 2. The molecule has 0 N–H and O–H groups in total. The number of hydrogen-bond acceptors (Lipinski definition) is 6. The van der Waals surface area contributed by atoms with Gasteiger partial charge < -0.3 is 18.9 Å². The Bertz CT molecular complexity index is 1220. The number of methoxy groups -OCH3 is 2. The molecule has 4 rings (SSSR count). The SMILES string of the molecule is COc1cccc(OC)c1C(=O)Oc1ccc2c(c1)O/C(=C\c1c(F)cccc1Cl)C2=O. The van der Waals surface area contributed by atoms with E-state index in [4.69, 9.17) is 30.5 Å². The summed E-state index contributed by atoms with van der Waals surface area (Å²) in [7, 11) is 2.85. The summed E-state index contributed by atoms with van der Waals surface area (Å²) in [4.78, 5) is 25.4. The largest absolute Gasteiger partial charge is 0.496 e. The lowest BCUT2D eigenvalue weighted by Crippen LogP contribution is -2.12. The molecule has 1 heterocycles. The maximum atomic E-state index is 14.1. The molecule has 0 bridgehead atoms. The van der Waals surface area contributed by atoms with Crippen molar-refractivity contribution in [2.24, 2.45) is 0 Å². The van der Waals surface area contributed by atoms with Gasteiger partial charge in [0.15, 0.2) is 5.76 Å².